The zero-order valence-corrected chi connectivity index (χ0v) is 11.9. The van der Waals surface area contributed by atoms with Gasteiger partial charge in [0.25, 0.3) is 0 Å². The van der Waals surface area contributed by atoms with Crippen LogP contribution in [0.25, 0.3) is 0 Å². The topological polar surface area (TPSA) is 21.1 Å². The maximum atomic E-state index is 13.2. The van der Waals surface area contributed by atoms with Crippen molar-refractivity contribution in [3.63, 3.8) is 0 Å². The van der Waals surface area contributed by atoms with E-state index in [2.05, 4.69) is 14.5 Å². The lowest BCUT2D eigenvalue weighted by Gasteiger charge is -2.32. The molecule has 0 N–H and O–H groups in total. The lowest BCUT2D eigenvalue weighted by atomic mass is 9.96. The molecule has 0 aliphatic carbocycles. The molecule has 21 heavy (non-hydrogen) atoms. The summed E-state index contributed by atoms with van der Waals surface area (Å²) >= 11 is 0. The van der Waals surface area contributed by atoms with Crippen LogP contribution in [0.4, 0.5) is 8.78 Å². The molecular formula is C16H19F2N3. The zero-order valence-electron chi connectivity index (χ0n) is 11.9. The van der Waals surface area contributed by atoms with Crippen LogP contribution in [0.3, 0.4) is 0 Å². The first-order valence-corrected chi connectivity index (χ1v) is 7.33. The smallest absolute Gasteiger partial charge is 0.159 e. The van der Waals surface area contributed by atoms with Gasteiger partial charge in [-0.3, -0.25) is 4.90 Å². The van der Waals surface area contributed by atoms with E-state index in [1.807, 2.05) is 12.5 Å². The zero-order chi connectivity index (χ0) is 14.7. The lowest BCUT2D eigenvalue weighted by Crippen LogP contribution is -2.34. The third-order valence-electron chi connectivity index (χ3n) is 4.13. The first kappa shape index (κ1) is 14.2. The van der Waals surface area contributed by atoms with Crippen molar-refractivity contribution in [2.75, 3.05) is 13.1 Å². The summed E-state index contributed by atoms with van der Waals surface area (Å²) in [6, 6.07) is 4.17. The van der Waals surface area contributed by atoms with Crippen LogP contribution in [0.5, 0.6) is 0 Å². The van der Waals surface area contributed by atoms with Gasteiger partial charge >= 0.3 is 0 Å². The minimum absolute atomic E-state index is 0.667. The number of hydrogen-bond acceptors (Lipinski definition) is 2. The van der Waals surface area contributed by atoms with E-state index >= 15 is 0 Å². The molecule has 1 fully saturated rings. The maximum absolute atomic E-state index is 13.2. The fourth-order valence-corrected chi connectivity index (χ4v) is 2.92. The minimum atomic E-state index is -0.780. The fraction of sp³-hybridized carbons (Fsp3) is 0.438. The second kappa shape index (κ2) is 6.35. The van der Waals surface area contributed by atoms with Crippen molar-refractivity contribution in [2.24, 2.45) is 5.92 Å². The van der Waals surface area contributed by atoms with E-state index in [4.69, 9.17) is 0 Å². The van der Waals surface area contributed by atoms with Crippen LogP contribution in [-0.4, -0.2) is 27.5 Å². The van der Waals surface area contributed by atoms with Gasteiger partial charge in [-0.1, -0.05) is 6.07 Å². The Balaban J connectivity index is 1.50. The Morgan fingerprint density at radius 3 is 2.62 bits per heavy atom. The van der Waals surface area contributed by atoms with Crippen molar-refractivity contribution >= 4 is 0 Å². The summed E-state index contributed by atoms with van der Waals surface area (Å²) in [7, 11) is 0. The summed E-state index contributed by atoms with van der Waals surface area (Å²) in [6.45, 7) is 3.70. The summed E-state index contributed by atoms with van der Waals surface area (Å²) in [6.07, 6.45) is 7.91. The van der Waals surface area contributed by atoms with Crippen LogP contribution in [0.2, 0.25) is 0 Å². The van der Waals surface area contributed by atoms with Crippen LogP contribution in [-0.2, 0) is 13.1 Å². The van der Waals surface area contributed by atoms with Crippen LogP contribution in [0, 0.1) is 17.6 Å². The van der Waals surface area contributed by atoms with Gasteiger partial charge in [0.15, 0.2) is 11.6 Å². The largest absolute Gasteiger partial charge is 0.337 e. The molecule has 0 bridgehead atoms. The summed E-state index contributed by atoms with van der Waals surface area (Å²) in [4.78, 5) is 6.36. The molecule has 0 spiro atoms. The molecule has 1 saturated heterocycles. The van der Waals surface area contributed by atoms with Crippen LogP contribution in [0.1, 0.15) is 18.4 Å². The number of hydrogen-bond donors (Lipinski definition) is 0. The molecular weight excluding hydrogens is 272 g/mol. The third kappa shape index (κ3) is 3.67. The molecule has 3 rings (SSSR count). The van der Waals surface area contributed by atoms with Gasteiger partial charge in [-0.2, -0.15) is 0 Å². The minimum Gasteiger partial charge on any atom is -0.337 e. The van der Waals surface area contributed by atoms with Crippen molar-refractivity contribution in [3.8, 4) is 0 Å². The van der Waals surface area contributed by atoms with Crippen LogP contribution in [0.15, 0.2) is 36.9 Å². The summed E-state index contributed by atoms with van der Waals surface area (Å²) in [5, 5.41) is 0. The SMILES string of the molecule is Fc1ccc(CN2CCC(Cn3ccnc3)CC2)cc1F. The summed E-state index contributed by atoms with van der Waals surface area (Å²) < 4.78 is 28.2. The number of halogens is 2. The molecule has 0 atom stereocenters. The predicted molar refractivity (Wildman–Crippen MR) is 76.6 cm³/mol. The molecule has 0 saturated carbocycles. The summed E-state index contributed by atoms with van der Waals surface area (Å²) in [5.41, 5.74) is 0.835. The van der Waals surface area contributed by atoms with E-state index in [9.17, 15) is 8.78 Å². The summed E-state index contributed by atoms with van der Waals surface area (Å²) in [5.74, 6) is -0.874. The monoisotopic (exact) mass is 291 g/mol. The molecule has 1 aromatic heterocycles. The molecule has 112 valence electrons. The standard InChI is InChI=1S/C16H19F2N3/c17-15-2-1-14(9-16(15)18)11-20-6-3-13(4-7-20)10-21-8-5-19-12-21/h1-2,5,8-9,12-13H,3-4,6-7,10-11H2. The molecule has 2 aromatic rings. The number of rotatable bonds is 4. The van der Waals surface area contributed by atoms with E-state index in [0.29, 0.717) is 12.5 Å². The number of nitrogens with zero attached hydrogens (tertiary/aromatic N) is 3. The van der Waals surface area contributed by atoms with Crippen molar-refractivity contribution in [1.29, 1.82) is 0 Å². The van der Waals surface area contributed by atoms with Crippen molar-refractivity contribution in [2.45, 2.75) is 25.9 Å². The Morgan fingerprint density at radius 1 is 1.14 bits per heavy atom. The third-order valence-corrected chi connectivity index (χ3v) is 4.13. The first-order valence-electron chi connectivity index (χ1n) is 7.33. The Kier molecular flexibility index (Phi) is 4.29. The Labute approximate surface area is 123 Å². The van der Waals surface area contributed by atoms with Gasteiger partial charge in [0.2, 0.25) is 0 Å². The fourth-order valence-electron chi connectivity index (χ4n) is 2.92. The molecule has 0 radical (unpaired) electrons. The maximum Gasteiger partial charge on any atom is 0.159 e. The van der Waals surface area contributed by atoms with Gasteiger partial charge in [0.1, 0.15) is 0 Å². The number of aromatic nitrogens is 2. The highest BCUT2D eigenvalue weighted by Crippen LogP contribution is 2.21. The molecule has 0 unspecified atom stereocenters. The molecule has 1 aliphatic rings. The normalized spacial score (nSPS) is 17.2. The highest BCUT2D eigenvalue weighted by Gasteiger charge is 2.19. The van der Waals surface area contributed by atoms with Gasteiger partial charge in [0.05, 0.1) is 6.33 Å². The molecule has 5 heteroatoms. The van der Waals surface area contributed by atoms with Crippen LogP contribution < -0.4 is 0 Å². The van der Waals surface area contributed by atoms with Crippen LogP contribution >= 0.6 is 0 Å². The first-order chi connectivity index (χ1) is 10.2. The quantitative estimate of drug-likeness (QED) is 0.863. The van der Waals surface area contributed by atoms with Crippen molar-refractivity contribution in [3.05, 3.63) is 54.1 Å². The van der Waals surface area contributed by atoms with Gasteiger partial charge in [-0.25, -0.2) is 13.8 Å². The highest BCUT2D eigenvalue weighted by molar-refractivity contribution is 5.17. The molecule has 3 nitrogen and oxygen atoms in total. The highest BCUT2D eigenvalue weighted by atomic mass is 19.2. The predicted octanol–water partition coefficient (Wildman–Crippen LogP) is 3.07. The van der Waals surface area contributed by atoms with Crippen molar-refractivity contribution in [1.82, 2.24) is 14.5 Å². The Bertz CT molecular complexity index is 575. The number of likely N-dealkylation sites (tertiary alicyclic amines) is 1. The molecule has 1 aliphatic heterocycles. The molecule has 1 aromatic carbocycles. The van der Waals surface area contributed by atoms with Gasteiger partial charge in [0, 0.05) is 25.5 Å². The average molecular weight is 291 g/mol. The van der Waals surface area contributed by atoms with Gasteiger partial charge < -0.3 is 4.57 Å². The molecule has 0 amide bonds. The second-order valence-electron chi connectivity index (χ2n) is 5.73. The van der Waals surface area contributed by atoms with Gasteiger partial charge in [-0.15, -0.1) is 0 Å². The van der Waals surface area contributed by atoms with E-state index in [1.165, 1.54) is 12.1 Å². The van der Waals surface area contributed by atoms with Crippen molar-refractivity contribution < 1.29 is 8.78 Å². The Hall–Kier alpha value is -1.75. The van der Waals surface area contributed by atoms with E-state index in [-0.39, 0.29) is 0 Å². The Morgan fingerprint density at radius 2 is 1.95 bits per heavy atom. The number of piperidine rings is 1. The lowest BCUT2D eigenvalue weighted by molar-refractivity contribution is 0.167. The number of benzene rings is 1. The van der Waals surface area contributed by atoms with Gasteiger partial charge in [-0.05, 0) is 49.5 Å². The van der Waals surface area contributed by atoms with E-state index < -0.39 is 11.6 Å². The molecule has 2 heterocycles. The average Bonchev–Trinajstić information content (AvgIpc) is 2.98. The second-order valence-corrected chi connectivity index (χ2v) is 5.73. The number of imidazole rings is 1. The van der Waals surface area contributed by atoms with E-state index in [1.54, 1.807) is 12.3 Å². The van der Waals surface area contributed by atoms with E-state index in [0.717, 1.165) is 38.0 Å².